The molecule has 0 aromatic heterocycles. The van der Waals surface area contributed by atoms with Crippen LogP contribution in [0.25, 0.3) is 11.1 Å². The van der Waals surface area contributed by atoms with Gasteiger partial charge in [0.05, 0.1) is 6.42 Å². The topological polar surface area (TPSA) is 37.3 Å². The Morgan fingerprint density at radius 1 is 1.11 bits per heavy atom. The van der Waals surface area contributed by atoms with Crippen LogP contribution in [0, 0.1) is 13.8 Å². The molecule has 0 saturated carbocycles. The molecule has 2 aromatic rings. The summed E-state index contributed by atoms with van der Waals surface area (Å²) in [7, 11) is 0. The Morgan fingerprint density at radius 2 is 1.74 bits per heavy atom. The maximum absolute atomic E-state index is 10.9. The van der Waals surface area contributed by atoms with Gasteiger partial charge in [0.25, 0.3) is 0 Å². The molecule has 19 heavy (non-hydrogen) atoms. The highest BCUT2D eigenvalue weighted by molar-refractivity contribution is 6.30. The third kappa shape index (κ3) is 2.96. The fourth-order valence-electron chi connectivity index (χ4n) is 2.26. The van der Waals surface area contributed by atoms with Gasteiger partial charge in [-0.25, -0.2) is 0 Å². The van der Waals surface area contributed by atoms with Crippen molar-refractivity contribution in [3.63, 3.8) is 0 Å². The van der Waals surface area contributed by atoms with Crippen molar-refractivity contribution in [3.05, 3.63) is 58.1 Å². The smallest absolute Gasteiger partial charge is 0.307 e. The molecular formula is C16H15ClO2. The second-order valence-electron chi connectivity index (χ2n) is 4.61. The zero-order chi connectivity index (χ0) is 14.0. The van der Waals surface area contributed by atoms with Crippen molar-refractivity contribution >= 4 is 17.6 Å². The van der Waals surface area contributed by atoms with Crippen molar-refractivity contribution in [2.75, 3.05) is 0 Å². The van der Waals surface area contributed by atoms with Crippen LogP contribution in [0.2, 0.25) is 5.02 Å². The fraction of sp³-hybridized carbons (Fsp3) is 0.188. The molecule has 0 fully saturated rings. The van der Waals surface area contributed by atoms with Crippen LogP contribution in [0.4, 0.5) is 0 Å². The highest BCUT2D eigenvalue weighted by atomic mass is 35.5. The minimum Gasteiger partial charge on any atom is -0.481 e. The van der Waals surface area contributed by atoms with E-state index in [-0.39, 0.29) is 6.42 Å². The Morgan fingerprint density at radius 3 is 2.32 bits per heavy atom. The van der Waals surface area contributed by atoms with Crippen LogP contribution in [0.3, 0.4) is 0 Å². The summed E-state index contributed by atoms with van der Waals surface area (Å²) in [4.78, 5) is 10.9. The number of benzene rings is 2. The Hall–Kier alpha value is -1.80. The number of carbonyl (C=O) groups is 1. The van der Waals surface area contributed by atoms with E-state index in [1.165, 1.54) is 0 Å². The Kier molecular flexibility index (Phi) is 3.91. The molecule has 2 rings (SSSR count). The van der Waals surface area contributed by atoms with Gasteiger partial charge in [0.1, 0.15) is 0 Å². The van der Waals surface area contributed by atoms with Gasteiger partial charge < -0.3 is 5.11 Å². The number of aliphatic carboxylic acids is 1. The molecule has 3 heteroatoms. The summed E-state index contributed by atoms with van der Waals surface area (Å²) in [5.41, 5.74) is 5.02. The average molecular weight is 275 g/mol. The molecule has 0 atom stereocenters. The van der Waals surface area contributed by atoms with Gasteiger partial charge in [0.2, 0.25) is 0 Å². The number of rotatable bonds is 3. The molecule has 0 aliphatic rings. The molecule has 0 heterocycles. The Balaban J connectivity index is 2.53. The molecule has 0 spiro atoms. The number of halogens is 1. The molecule has 0 aliphatic carbocycles. The van der Waals surface area contributed by atoms with E-state index >= 15 is 0 Å². The first kappa shape index (κ1) is 13.6. The first-order valence-electron chi connectivity index (χ1n) is 6.06. The maximum atomic E-state index is 10.9. The number of carboxylic acid groups (broad SMARTS) is 1. The van der Waals surface area contributed by atoms with Gasteiger partial charge in [-0.05, 0) is 53.8 Å². The van der Waals surface area contributed by atoms with Crippen molar-refractivity contribution in [2.45, 2.75) is 20.3 Å². The summed E-state index contributed by atoms with van der Waals surface area (Å²) in [5, 5.41) is 9.69. The van der Waals surface area contributed by atoms with Crippen LogP contribution in [0.15, 0.2) is 36.4 Å². The maximum Gasteiger partial charge on any atom is 0.307 e. The highest BCUT2D eigenvalue weighted by Gasteiger charge is 2.11. The molecule has 98 valence electrons. The van der Waals surface area contributed by atoms with E-state index in [4.69, 9.17) is 16.7 Å². The largest absolute Gasteiger partial charge is 0.481 e. The second-order valence-corrected chi connectivity index (χ2v) is 5.05. The number of aryl methyl sites for hydroxylation is 1. The predicted molar refractivity (Wildman–Crippen MR) is 77.7 cm³/mol. The van der Waals surface area contributed by atoms with Crippen LogP contribution < -0.4 is 0 Å². The minimum absolute atomic E-state index is 0.0547. The molecule has 0 aliphatic heterocycles. The lowest BCUT2D eigenvalue weighted by Gasteiger charge is -2.13. The van der Waals surface area contributed by atoms with E-state index in [0.29, 0.717) is 5.02 Å². The highest BCUT2D eigenvalue weighted by Crippen LogP contribution is 2.29. The summed E-state index contributed by atoms with van der Waals surface area (Å²) in [6, 6.07) is 11.6. The van der Waals surface area contributed by atoms with Crippen LogP contribution in [-0.2, 0) is 11.2 Å². The van der Waals surface area contributed by atoms with Gasteiger partial charge in [-0.2, -0.15) is 0 Å². The molecule has 0 bridgehead atoms. The van der Waals surface area contributed by atoms with Gasteiger partial charge in [0, 0.05) is 5.02 Å². The fourth-order valence-corrected chi connectivity index (χ4v) is 2.38. The molecule has 2 nitrogen and oxygen atoms in total. The third-order valence-corrected chi connectivity index (χ3v) is 3.57. The van der Waals surface area contributed by atoms with Crippen molar-refractivity contribution in [3.8, 4) is 11.1 Å². The zero-order valence-corrected chi connectivity index (χ0v) is 11.7. The first-order valence-corrected chi connectivity index (χ1v) is 6.43. The molecule has 0 unspecified atom stereocenters. The van der Waals surface area contributed by atoms with E-state index in [0.717, 1.165) is 27.8 Å². The summed E-state index contributed by atoms with van der Waals surface area (Å²) in [6.45, 7) is 3.91. The monoisotopic (exact) mass is 274 g/mol. The summed E-state index contributed by atoms with van der Waals surface area (Å²) >= 11 is 5.89. The van der Waals surface area contributed by atoms with Gasteiger partial charge in [-0.15, -0.1) is 0 Å². The van der Waals surface area contributed by atoms with Gasteiger partial charge in [-0.3, -0.25) is 4.79 Å². The van der Waals surface area contributed by atoms with Crippen LogP contribution in [0.5, 0.6) is 0 Å². The van der Waals surface area contributed by atoms with Crippen molar-refractivity contribution in [1.29, 1.82) is 0 Å². The number of hydrogen-bond acceptors (Lipinski definition) is 1. The quantitative estimate of drug-likeness (QED) is 0.908. The van der Waals surface area contributed by atoms with Gasteiger partial charge in [-0.1, -0.05) is 35.9 Å². The van der Waals surface area contributed by atoms with E-state index in [1.54, 1.807) is 0 Å². The van der Waals surface area contributed by atoms with Crippen LogP contribution in [-0.4, -0.2) is 11.1 Å². The standard InChI is InChI=1S/C16H15ClO2/c1-10-3-8-14(11(2)15(10)9-16(18)19)12-4-6-13(17)7-5-12/h3-8H,9H2,1-2H3,(H,18,19). The Bertz CT molecular complexity index is 615. The lowest BCUT2D eigenvalue weighted by Crippen LogP contribution is -2.05. The first-order chi connectivity index (χ1) is 8.99. The van der Waals surface area contributed by atoms with E-state index in [1.807, 2.05) is 50.2 Å². The minimum atomic E-state index is -0.806. The van der Waals surface area contributed by atoms with E-state index in [9.17, 15) is 4.79 Å². The predicted octanol–water partition coefficient (Wildman–Crippen LogP) is 4.25. The number of hydrogen-bond donors (Lipinski definition) is 1. The Labute approximate surface area is 117 Å². The van der Waals surface area contributed by atoms with Crippen LogP contribution in [0.1, 0.15) is 16.7 Å². The molecule has 0 saturated heterocycles. The van der Waals surface area contributed by atoms with E-state index < -0.39 is 5.97 Å². The van der Waals surface area contributed by atoms with Crippen molar-refractivity contribution in [1.82, 2.24) is 0 Å². The molecule has 0 radical (unpaired) electrons. The second kappa shape index (κ2) is 5.45. The van der Waals surface area contributed by atoms with Crippen LogP contribution >= 0.6 is 11.6 Å². The van der Waals surface area contributed by atoms with Gasteiger partial charge in [0.15, 0.2) is 0 Å². The average Bonchev–Trinajstić information content (AvgIpc) is 2.36. The normalized spacial score (nSPS) is 10.5. The third-order valence-electron chi connectivity index (χ3n) is 3.32. The lowest BCUT2D eigenvalue weighted by molar-refractivity contribution is -0.136. The van der Waals surface area contributed by atoms with Gasteiger partial charge >= 0.3 is 5.97 Å². The summed E-state index contributed by atoms with van der Waals surface area (Å²) in [6.07, 6.45) is 0.0547. The molecular weight excluding hydrogens is 260 g/mol. The lowest BCUT2D eigenvalue weighted by atomic mass is 9.92. The van der Waals surface area contributed by atoms with Crippen molar-refractivity contribution < 1.29 is 9.90 Å². The zero-order valence-electron chi connectivity index (χ0n) is 10.9. The SMILES string of the molecule is Cc1ccc(-c2ccc(Cl)cc2)c(C)c1CC(=O)O. The van der Waals surface area contributed by atoms with Crippen molar-refractivity contribution in [2.24, 2.45) is 0 Å². The summed E-state index contributed by atoms with van der Waals surface area (Å²) in [5.74, 6) is -0.806. The molecule has 2 aromatic carbocycles. The summed E-state index contributed by atoms with van der Waals surface area (Å²) < 4.78 is 0. The molecule has 0 amide bonds. The number of carboxylic acids is 1. The van der Waals surface area contributed by atoms with E-state index in [2.05, 4.69) is 0 Å². The molecule has 1 N–H and O–H groups in total.